The molecular formula is C23H26N4O3. The van der Waals surface area contributed by atoms with Crippen LogP contribution in [0.2, 0.25) is 0 Å². The van der Waals surface area contributed by atoms with Crippen LogP contribution in [0.15, 0.2) is 48.7 Å². The van der Waals surface area contributed by atoms with Crippen LogP contribution in [0, 0.1) is 0 Å². The number of morpholine rings is 1. The normalized spacial score (nSPS) is 19.1. The maximum atomic E-state index is 12.7. The molecule has 0 radical (unpaired) electrons. The standard InChI is InChI=1S/C23H26N4O3/c1-15-13-26(14-16(2)30-15)23(29)11-18-6-8-19(9-7-18)20-5-4-10-27-21(20)12-22(25-27)24-17(3)28/h4-10,12,15-16H,11,13-14H2,1-3H3,(H,24,25,28)/t15-,16+. The van der Waals surface area contributed by atoms with E-state index in [1.165, 1.54) is 6.92 Å². The topological polar surface area (TPSA) is 75.9 Å². The molecule has 7 heteroatoms. The molecule has 30 heavy (non-hydrogen) atoms. The molecule has 0 spiro atoms. The molecule has 1 N–H and O–H groups in total. The van der Waals surface area contributed by atoms with E-state index < -0.39 is 0 Å². The molecule has 2 atom stereocenters. The molecule has 1 saturated heterocycles. The molecule has 1 fully saturated rings. The average Bonchev–Trinajstić information content (AvgIpc) is 3.09. The van der Waals surface area contributed by atoms with Crippen molar-refractivity contribution in [3.05, 3.63) is 54.2 Å². The summed E-state index contributed by atoms with van der Waals surface area (Å²) in [6.45, 7) is 6.74. The summed E-state index contributed by atoms with van der Waals surface area (Å²) >= 11 is 0. The van der Waals surface area contributed by atoms with Crippen LogP contribution in [0.1, 0.15) is 26.3 Å². The van der Waals surface area contributed by atoms with Crippen molar-refractivity contribution in [2.24, 2.45) is 0 Å². The minimum Gasteiger partial charge on any atom is -0.372 e. The Balaban J connectivity index is 1.52. The highest BCUT2D eigenvalue weighted by Crippen LogP contribution is 2.27. The summed E-state index contributed by atoms with van der Waals surface area (Å²) in [5.74, 6) is 0.492. The van der Waals surface area contributed by atoms with Crippen molar-refractivity contribution in [3.8, 4) is 11.1 Å². The zero-order valence-electron chi connectivity index (χ0n) is 17.5. The number of benzene rings is 1. The van der Waals surface area contributed by atoms with Gasteiger partial charge in [-0.2, -0.15) is 5.10 Å². The van der Waals surface area contributed by atoms with Crippen LogP contribution in [0.3, 0.4) is 0 Å². The summed E-state index contributed by atoms with van der Waals surface area (Å²) in [7, 11) is 0. The first kappa shape index (κ1) is 20.1. The Labute approximate surface area is 175 Å². The fraction of sp³-hybridized carbons (Fsp3) is 0.348. The third-order valence-corrected chi connectivity index (χ3v) is 5.20. The van der Waals surface area contributed by atoms with Crippen LogP contribution in [0.4, 0.5) is 5.82 Å². The van der Waals surface area contributed by atoms with Crippen LogP contribution >= 0.6 is 0 Å². The Bertz CT molecular complexity index is 1060. The van der Waals surface area contributed by atoms with Gasteiger partial charge in [-0.1, -0.05) is 30.3 Å². The number of carbonyl (C=O) groups is 2. The Morgan fingerprint density at radius 2 is 1.83 bits per heavy atom. The zero-order valence-corrected chi connectivity index (χ0v) is 17.5. The van der Waals surface area contributed by atoms with Crippen molar-refractivity contribution in [1.82, 2.24) is 14.5 Å². The van der Waals surface area contributed by atoms with Gasteiger partial charge in [-0.05, 0) is 31.0 Å². The molecule has 0 bridgehead atoms. The van der Waals surface area contributed by atoms with Crippen molar-refractivity contribution in [2.75, 3.05) is 18.4 Å². The molecule has 3 heterocycles. The number of rotatable bonds is 4. The Morgan fingerprint density at radius 3 is 2.50 bits per heavy atom. The summed E-state index contributed by atoms with van der Waals surface area (Å²) < 4.78 is 7.46. The second kappa shape index (κ2) is 8.28. The molecule has 2 amide bonds. The van der Waals surface area contributed by atoms with E-state index in [2.05, 4.69) is 10.4 Å². The first-order valence-electron chi connectivity index (χ1n) is 10.2. The molecule has 3 aromatic rings. The van der Waals surface area contributed by atoms with E-state index in [9.17, 15) is 9.59 Å². The van der Waals surface area contributed by atoms with E-state index >= 15 is 0 Å². The first-order chi connectivity index (χ1) is 14.4. The van der Waals surface area contributed by atoms with E-state index in [0.29, 0.717) is 25.3 Å². The van der Waals surface area contributed by atoms with Gasteiger partial charge in [0, 0.05) is 37.8 Å². The quantitative estimate of drug-likeness (QED) is 0.722. The van der Waals surface area contributed by atoms with E-state index in [1.807, 2.05) is 67.4 Å². The van der Waals surface area contributed by atoms with Gasteiger partial charge in [0.05, 0.1) is 24.1 Å². The minimum atomic E-state index is -0.155. The minimum absolute atomic E-state index is 0.0682. The molecule has 2 aromatic heterocycles. The number of hydrogen-bond donors (Lipinski definition) is 1. The van der Waals surface area contributed by atoms with Gasteiger partial charge in [-0.3, -0.25) is 9.59 Å². The number of anilines is 1. The summed E-state index contributed by atoms with van der Waals surface area (Å²) in [6, 6.07) is 13.8. The monoisotopic (exact) mass is 406 g/mol. The first-order valence-corrected chi connectivity index (χ1v) is 10.2. The number of nitrogens with zero attached hydrogens (tertiary/aromatic N) is 3. The van der Waals surface area contributed by atoms with Crippen molar-refractivity contribution in [3.63, 3.8) is 0 Å². The molecule has 156 valence electrons. The van der Waals surface area contributed by atoms with Crippen LogP contribution in [0.5, 0.6) is 0 Å². The number of pyridine rings is 1. The molecule has 4 rings (SSSR count). The number of fused-ring (bicyclic) bond motifs is 1. The third kappa shape index (κ3) is 4.36. The van der Waals surface area contributed by atoms with Crippen molar-refractivity contribution in [2.45, 2.75) is 39.4 Å². The van der Waals surface area contributed by atoms with E-state index in [4.69, 9.17) is 4.74 Å². The lowest BCUT2D eigenvalue weighted by Gasteiger charge is -2.35. The van der Waals surface area contributed by atoms with Crippen LogP contribution in [0.25, 0.3) is 16.6 Å². The average molecular weight is 406 g/mol. The van der Waals surface area contributed by atoms with E-state index in [0.717, 1.165) is 22.2 Å². The summed E-state index contributed by atoms with van der Waals surface area (Å²) in [4.78, 5) is 25.9. The lowest BCUT2D eigenvalue weighted by atomic mass is 10.0. The predicted molar refractivity (Wildman–Crippen MR) is 115 cm³/mol. The fourth-order valence-electron chi connectivity index (χ4n) is 3.97. The molecule has 0 saturated carbocycles. The second-order valence-corrected chi connectivity index (χ2v) is 7.89. The molecule has 0 aliphatic carbocycles. The smallest absolute Gasteiger partial charge is 0.227 e. The lowest BCUT2D eigenvalue weighted by molar-refractivity contribution is -0.142. The number of amides is 2. The highest BCUT2D eigenvalue weighted by atomic mass is 16.5. The Kier molecular flexibility index (Phi) is 5.55. The highest BCUT2D eigenvalue weighted by Gasteiger charge is 2.25. The number of ether oxygens (including phenoxy) is 1. The van der Waals surface area contributed by atoms with Crippen molar-refractivity contribution in [1.29, 1.82) is 0 Å². The maximum absolute atomic E-state index is 12.7. The molecular weight excluding hydrogens is 380 g/mol. The van der Waals surface area contributed by atoms with Crippen molar-refractivity contribution < 1.29 is 14.3 Å². The number of nitrogens with one attached hydrogen (secondary N) is 1. The van der Waals surface area contributed by atoms with Gasteiger partial charge in [-0.25, -0.2) is 4.52 Å². The highest BCUT2D eigenvalue weighted by molar-refractivity contribution is 5.90. The SMILES string of the molecule is CC(=O)Nc1cc2c(-c3ccc(CC(=O)N4C[C@@H](C)O[C@@H](C)C4)cc3)cccn2n1. The second-order valence-electron chi connectivity index (χ2n) is 7.89. The van der Waals surface area contributed by atoms with Gasteiger partial charge in [0.2, 0.25) is 11.8 Å². The van der Waals surface area contributed by atoms with Gasteiger partial charge >= 0.3 is 0 Å². The van der Waals surface area contributed by atoms with E-state index in [-0.39, 0.29) is 24.0 Å². The summed E-state index contributed by atoms with van der Waals surface area (Å²) in [5, 5.41) is 7.10. The molecule has 7 nitrogen and oxygen atoms in total. The molecule has 1 aliphatic rings. The summed E-state index contributed by atoms with van der Waals surface area (Å²) in [5.41, 5.74) is 3.92. The predicted octanol–water partition coefficient (Wildman–Crippen LogP) is 3.14. The van der Waals surface area contributed by atoms with Gasteiger partial charge in [-0.15, -0.1) is 0 Å². The van der Waals surface area contributed by atoms with Crippen LogP contribution in [-0.4, -0.2) is 51.6 Å². The van der Waals surface area contributed by atoms with Gasteiger partial charge in [0.15, 0.2) is 5.82 Å². The van der Waals surface area contributed by atoms with Gasteiger partial charge in [0.1, 0.15) is 0 Å². The van der Waals surface area contributed by atoms with E-state index in [1.54, 1.807) is 4.52 Å². The summed E-state index contributed by atoms with van der Waals surface area (Å²) in [6.07, 6.45) is 2.36. The van der Waals surface area contributed by atoms with Crippen molar-refractivity contribution >= 4 is 23.1 Å². The Morgan fingerprint density at radius 1 is 1.13 bits per heavy atom. The fourth-order valence-corrected chi connectivity index (χ4v) is 3.97. The number of carbonyl (C=O) groups excluding carboxylic acids is 2. The lowest BCUT2D eigenvalue weighted by Crippen LogP contribution is -2.48. The third-order valence-electron chi connectivity index (χ3n) is 5.20. The number of aromatic nitrogens is 2. The number of hydrogen-bond acceptors (Lipinski definition) is 4. The van der Waals surface area contributed by atoms with Crippen LogP contribution in [-0.2, 0) is 20.7 Å². The molecule has 1 aromatic carbocycles. The largest absolute Gasteiger partial charge is 0.372 e. The maximum Gasteiger partial charge on any atom is 0.227 e. The zero-order chi connectivity index (χ0) is 21.3. The Hall–Kier alpha value is -3.19. The molecule has 0 unspecified atom stereocenters. The van der Waals surface area contributed by atoms with Gasteiger partial charge in [0.25, 0.3) is 0 Å². The van der Waals surface area contributed by atoms with Crippen LogP contribution < -0.4 is 5.32 Å². The van der Waals surface area contributed by atoms with Gasteiger partial charge < -0.3 is 15.0 Å². The molecule has 1 aliphatic heterocycles.